The fraction of sp³-hybridized carbons (Fsp3) is 0.135. The molecule has 0 bridgehead atoms. The second-order valence-electron chi connectivity index (χ2n) is 10.7. The summed E-state index contributed by atoms with van der Waals surface area (Å²) in [6.45, 7) is 0.381. The van der Waals surface area contributed by atoms with Crippen molar-refractivity contribution in [3.8, 4) is 5.75 Å². The van der Waals surface area contributed by atoms with E-state index in [0.29, 0.717) is 17.9 Å². The number of hydrogen-bond acceptors (Lipinski definition) is 4. The lowest BCUT2D eigenvalue weighted by Crippen LogP contribution is -2.42. The molecule has 0 heterocycles. The van der Waals surface area contributed by atoms with E-state index in [1.165, 1.54) is 0 Å². The smallest absolute Gasteiger partial charge is 0.248 e. The van der Waals surface area contributed by atoms with Crippen LogP contribution in [0.2, 0.25) is 0 Å². The van der Waals surface area contributed by atoms with Crippen LogP contribution in [-0.4, -0.2) is 11.8 Å². The molecule has 214 valence electrons. The lowest BCUT2D eigenvalue weighted by Gasteiger charge is -2.35. The number of nitrogens with two attached hydrogens (primary N) is 1. The average Bonchev–Trinajstić information content (AvgIpc) is 3.84. The van der Waals surface area contributed by atoms with Crippen molar-refractivity contribution in [1.29, 1.82) is 0 Å². The Morgan fingerprint density at radius 1 is 0.721 bits per heavy atom. The Balaban J connectivity index is 1.28. The number of amides is 2. The first kappa shape index (κ1) is 27.9. The first-order valence-electron chi connectivity index (χ1n) is 14.3. The van der Waals surface area contributed by atoms with Gasteiger partial charge in [-0.3, -0.25) is 14.4 Å². The first-order valence-corrected chi connectivity index (χ1v) is 14.3. The molecule has 1 saturated carbocycles. The van der Waals surface area contributed by atoms with Crippen LogP contribution in [0.4, 0.5) is 0 Å². The zero-order chi connectivity index (χ0) is 29.7. The number of hydroxylamine groups is 1. The molecule has 0 spiro atoms. The van der Waals surface area contributed by atoms with Crippen molar-refractivity contribution in [2.45, 2.75) is 24.0 Å². The summed E-state index contributed by atoms with van der Waals surface area (Å²) in [4.78, 5) is 33.2. The number of rotatable bonds is 11. The topological polar surface area (TPSA) is 90.7 Å². The van der Waals surface area contributed by atoms with Gasteiger partial charge < -0.3 is 10.5 Å². The molecule has 6 rings (SSSR count). The highest BCUT2D eigenvalue weighted by molar-refractivity contribution is 5.99. The monoisotopic (exact) mass is 568 g/mol. The molecule has 0 aliphatic heterocycles. The van der Waals surface area contributed by atoms with E-state index in [0.717, 1.165) is 22.3 Å². The van der Waals surface area contributed by atoms with Crippen LogP contribution in [0.1, 0.15) is 34.2 Å². The molecule has 5 aromatic rings. The maximum Gasteiger partial charge on any atom is 0.248 e. The minimum Gasteiger partial charge on any atom is -0.489 e. The number of hydrogen-bond donors (Lipinski definition) is 2. The minimum atomic E-state index is -1.16. The number of nitrogens with one attached hydrogen (secondary N) is 1. The second kappa shape index (κ2) is 12.0. The number of carbonyl (C=O) groups is 2. The second-order valence-corrected chi connectivity index (χ2v) is 10.7. The van der Waals surface area contributed by atoms with Gasteiger partial charge in [-0.1, -0.05) is 133 Å². The van der Waals surface area contributed by atoms with Gasteiger partial charge in [0.1, 0.15) is 12.4 Å². The van der Waals surface area contributed by atoms with Gasteiger partial charge in [0, 0.05) is 0 Å². The first-order chi connectivity index (χ1) is 21.0. The molecule has 3 N–H and O–H groups in total. The normalized spacial score (nSPS) is 17.5. The van der Waals surface area contributed by atoms with Crippen molar-refractivity contribution in [3.05, 3.63) is 173 Å². The van der Waals surface area contributed by atoms with Crippen LogP contribution in [-0.2, 0) is 32.0 Å². The van der Waals surface area contributed by atoms with Gasteiger partial charge in [-0.05, 0) is 46.4 Å². The molecule has 2 unspecified atom stereocenters. The highest BCUT2D eigenvalue weighted by atomic mass is 16.7. The van der Waals surface area contributed by atoms with Crippen LogP contribution in [0.3, 0.4) is 0 Å². The van der Waals surface area contributed by atoms with Gasteiger partial charge in [-0.15, -0.1) is 0 Å². The van der Waals surface area contributed by atoms with Crippen molar-refractivity contribution < 1.29 is 19.2 Å². The van der Waals surface area contributed by atoms with Gasteiger partial charge in [0.15, 0.2) is 5.60 Å². The number of ether oxygens (including phenoxy) is 1. The molecule has 0 saturated heterocycles. The zero-order valence-electron chi connectivity index (χ0n) is 23.6. The van der Waals surface area contributed by atoms with E-state index in [4.69, 9.17) is 15.3 Å². The third-order valence-corrected chi connectivity index (χ3v) is 8.16. The lowest BCUT2D eigenvalue weighted by atomic mass is 9.80. The Hall–Kier alpha value is -5.20. The van der Waals surface area contributed by atoms with Crippen molar-refractivity contribution in [2.75, 3.05) is 0 Å². The fourth-order valence-electron chi connectivity index (χ4n) is 5.81. The van der Waals surface area contributed by atoms with Gasteiger partial charge in [-0.2, -0.15) is 0 Å². The van der Waals surface area contributed by atoms with E-state index in [-0.39, 0.29) is 6.42 Å². The van der Waals surface area contributed by atoms with Gasteiger partial charge in [0.05, 0.1) is 11.3 Å². The molecular formula is C37H32N2O4. The quantitative estimate of drug-likeness (QED) is 0.150. The van der Waals surface area contributed by atoms with Crippen LogP contribution < -0.4 is 16.0 Å². The van der Waals surface area contributed by atoms with Crippen LogP contribution in [0.15, 0.2) is 146 Å². The third-order valence-electron chi connectivity index (χ3n) is 8.16. The summed E-state index contributed by atoms with van der Waals surface area (Å²) in [6, 6.07) is 46.3. The predicted octanol–water partition coefficient (Wildman–Crippen LogP) is 6.05. The number of benzene rings is 5. The lowest BCUT2D eigenvalue weighted by molar-refractivity contribution is -0.146. The third kappa shape index (κ3) is 5.41. The Kier molecular flexibility index (Phi) is 7.77. The van der Waals surface area contributed by atoms with Gasteiger partial charge in [-0.25, -0.2) is 5.48 Å². The number of primary amides is 1. The SMILES string of the molecule is NC(=O)C1(c2cccc(OCc3ccccc3)c2)CC1C(=O)NOC(c1ccccc1)(c1ccccc1)c1ccccc1. The van der Waals surface area contributed by atoms with E-state index in [1.54, 1.807) is 6.07 Å². The van der Waals surface area contributed by atoms with Crippen LogP contribution in [0.25, 0.3) is 0 Å². The summed E-state index contributed by atoms with van der Waals surface area (Å²) >= 11 is 0. The van der Waals surface area contributed by atoms with Gasteiger partial charge >= 0.3 is 0 Å². The molecule has 6 heteroatoms. The molecule has 2 amide bonds. The Morgan fingerprint density at radius 2 is 1.23 bits per heavy atom. The van der Waals surface area contributed by atoms with Crippen molar-refractivity contribution >= 4 is 11.8 Å². The molecule has 1 aliphatic carbocycles. The van der Waals surface area contributed by atoms with E-state index >= 15 is 0 Å². The Bertz CT molecular complexity index is 1600. The van der Waals surface area contributed by atoms with E-state index < -0.39 is 28.7 Å². The number of carbonyl (C=O) groups excluding carboxylic acids is 2. The maximum atomic E-state index is 13.8. The molecule has 2 atom stereocenters. The Morgan fingerprint density at radius 3 is 1.74 bits per heavy atom. The highest BCUT2D eigenvalue weighted by Crippen LogP contribution is 2.55. The molecule has 5 aromatic carbocycles. The van der Waals surface area contributed by atoms with Crippen molar-refractivity contribution in [3.63, 3.8) is 0 Å². The van der Waals surface area contributed by atoms with E-state index in [1.807, 2.05) is 140 Å². The average molecular weight is 569 g/mol. The molecule has 43 heavy (non-hydrogen) atoms. The van der Waals surface area contributed by atoms with Crippen LogP contribution in [0, 0.1) is 5.92 Å². The largest absolute Gasteiger partial charge is 0.489 e. The van der Waals surface area contributed by atoms with Crippen molar-refractivity contribution in [1.82, 2.24) is 5.48 Å². The summed E-state index contributed by atoms with van der Waals surface area (Å²) < 4.78 is 5.99. The Labute approximate surface area is 251 Å². The van der Waals surface area contributed by atoms with Gasteiger partial charge in [0.2, 0.25) is 11.8 Å². The summed E-state index contributed by atoms with van der Waals surface area (Å²) in [5.74, 6) is -1.08. The summed E-state index contributed by atoms with van der Waals surface area (Å²) in [7, 11) is 0. The summed E-state index contributed by atoms with van der Waals surface area (Å²) in [6.07, 6.45) is 0.272. The molecule has 1 aliphatic rings. The predicted molar refractivity (Wildman–Crippen MR) is 165 cm³/mol. The molecule has 1 fully saturated rings. The van der Waals surface area contributed by atoms with E-state index in [9.17, 15) is 9.59 Å². The molecule has 6 nitrogen and oxygen atoms in total. The minimum absolute atomic E-state index is 0.272. The molecule has 0 aromatic heterocycles. The summed E-state index contributed by atoms with van der Waals surface area (Å²) in [5.41, 5.74) is 10.6. The standard InChI is InChI=1S/C37H32N2O4/c38-35(41)36(31-22-13-23-32(24-31)42-26-27-14-5-1-6-15-27)25-33(36)34(40)39-43-37(28-16-7-2-8-17-28,29-18-9-3-10-19-29)30-20-11-4-12-21-30/h1-24,33H,25-26H2,(H2,38,41)(H,39,40). The van der Waals surface area contributed by atoms with Crippen LogP contribution >= 0.6 is 0 Å². The maximum absolute atomic E-state index is 13.8. The fourth-order valence-corrected chi connectivity index (χ4v) is 5.81. The van der Waals surface area contributed by atoms with Gasteiger partial charge in [0.25, 0.3) is 0 Å². The summed E-state index contributed by atoms with van der Waals surface area (Å²) in [5, 5.41) is 0. The van der Waals surface area contributed by atoms with Crippen LogP contribution in [0.5, 0.6) is 5.75 Å². The molecular weight excluding hydrogens is 536 g/mol. The highest BCUT2D eigenvalue weighted by Gasteiger charge is 2.64. The van der Waals surface area contributed by atoms with E-state index in [2.05, 4.69) is 5.48 Å². The van der Waals surface area contributed by atoms with Crippen molar-refractivity contribution in [2.24, 2.45) is 11.7 Å². The zero-order valence-corrected chi connectivity index (χ0v) is 23.6. The molecule has 0 radical (unpaired) electrons.